The van der Waals surface area contributed by atoms with Gasteiger partial charge in [0, 0.05) is 19.1 Å². The molecule has 18 N–H and O–H groups in total. The normalized spacial score (nSPS) is 43.9. The van der Waals surface area contributed by atoms with E-state index in [1.807, 2.05) is 0 Å². The highest BCUT2D eigenvalue weighted by atomic mass is 16.7. The van der Waals surface area contributed by atoms with Gasteiger partial charge in [-0.25, -0.2) is 0 Å². The lowest BCUT2D eigenvalue weighted by Crippen LogP contribution is -2.69. The second-order valence-electron chi connectivity index (χ2n) is 11.6. The van der Waals surface area contributed by atoms with Crippen LogP contribution >= 0.6 is 0 Å². The molecule has 0 aromatic carbocycles. The molecule has 2 heterocycles. The van der Waals surface area contributed by atoms with Crippen LogP contribution in [0.3, 0.4) is 0 Å². The molecular formula is C25H49N5O15. The summed E-state index contributed by atoms with van der Waals surface area (Å²) in [5.74, 6) is -0.868. The Morgan fingerprint density at radius 3 is 2.09 bits per heavy atom. The number of rotatable bonds is 14. The molecule has 3 aliphatic rings. The molecule has 45 heavy (non-hydrogen) atoms. The molecule has 0 spiro atoms. The molecule has 20 nitrogen and oxygen atoms in total. The van der Waals surface area contributed by atoms with Gasteiger partial charge in [-0.15, -0.1) is 0 Å². The van der Waals surface area contributed by atoms with Crippen LogP contribution in [0.5, 0.6) is 0 Å². The standard InChI is InChI=1S/C25H49N5O15/c26-2-1-11(34)23(41)30-10-3-9(27)21(20(40)22(10)45-24-17(37)14(28)15(35)13(7-32)43-24)44-25-19(39)18(38)16(36)12(42-25)5-29-4-8(33)6-31/h8-22,24-25,29,31-40H,1-7,26-28H2,(H,30,41)/t8?,9-,10+,11-,12+,13+,14-,15+,16+,17+,18-,19+,20-,21+,22-,24+,25+/m0/s1. The number of hydrogen-bond acceptors (Lipinski definition) is 19. The average Bonchev–Trinajstić information content (AvgIpc) is 3.01. The van der Waals surface area contributed by atoms with Gasteiger partial charge in [0.1, 0.15) is 67.1 Å². The summed E-state index contributed by atoms with van der Waals surface area (Å²) in [6.45, 7) is -1.47. The van der Waals surface area contributed by atoms with Crippen LogP contribution in [-0.2, 0) is 23.7 Å². The first-order valence-corrected chi connectivity index (χ1v) is 14.8. The quantitative estimate of drug-likeness (QED) is 0.0822. The van der Waals surface area contributed by atoms with Gasteiger partial charge in [-0.2, -0.15) is 0 Å². The first kappa shape index (κ1) is 38.2. The Balaban J connectivity index is 1.82. The van der Waals surface area contributed by atoms with Crippen molar-refractivity contribution in [3.8, 4) is 0 Å². The summed E-state index contributed by atoms with van der Waals surface area (Å²) < 4.78 is 22.8. The molecule has 2 aliphatic heterocycles. The first-order valence-electron chi connectivity index (χ1n) is 14.8. The number of hydrogen-bond donors (Lipinski definition) is 15. The predicted octanol–water partition coefficient (Wildman–Crippen LogP) is -9.44. The van der Waals surface area contributed by atoms with Gasteiger partial charge in [0.15, 0.2) is 12.6 Å². The zero-order chi connectivity index (χ0) is 33.6. The van der Waals surface area contributed by atoms with Crippen molar-refractivity contribution < 1.29 is 74.8 Å². The minimum absolute atomic E-state index is 0.00903. The number of ether oxygens (including phenoxy) is 4. The van der Waals surface area contributed by atoms with E-state index in [1.54, 1.807) is 0 Å². The molecule has 264 valence electrons. The Hall–Kier alpha value is -1.25. The van der Waals surface area contributed by atoms with E-state index in [0.29, 0.717) is 0 Å². The Morgan fingerprint density at radius 1 is 0.844 bits per heavy atom. The molecule has 0 radical (unpaired) electrons. The lowest BCUT2D eigenvalue weighted by molar-refractivity contribution is -0.333. The fraction of sp³-hybridized carbons (Fsp3) is 0.960. The minimum Gasteiger partial charge on any atom is -0.394 e. The summed E-state index contributed by atoms with van der Waals surface area (Å²) in [6, 6.07) is -3.57. The third kappa shape index (κ3) is 9.22. The first-order chi connectivity index (χ1) is 21.2. The fourth-order valence-electron chi connectivity index (χ4n) is 5.50. The van der Waals surface area contributed by atoms with Gasteiger partial charge >= 0.3 is 0 Å². The number of amides is 1. The minimum atomic E-state index is -1.82. The summed E-state index contributed by atoms with van der Waals surface area (Å²) in [5, 5.41) is 107. The van der Waals surface area contributed by atoms with Gasteiger partial charge < -0.3 is 97.8 Å². The summed E-state index contributed by atoms with van der Waals surface area (Å²) >= 11 is 0. The Kier molecular flexibility index (Phi) is 14.6. The zero-order valence-electron chi connectivity index (χ0n) is 24.5. The fourth-order valence-corrected chi connectivity index (χ4v) is 5.50. The van der Waals surface area contributed by atoms with Crippen LogP contribution in [0.15, 0.2) is 0 Å². The van der Waals surface area contributed by atoms with Crippen LogP contribution in [0, 0.1) is 0 Å². The molecule has 0 aromatic heterocycles. The van der Waals surface area contributed by atoms with Crippen LogP contribution in [0.25, 0.3) is 0 Å². The lowest BCUT2D eigenvalue weighted by Gasteiger charge is -2.49. The van der Waals surface area contributed by atoms with Crippen LogP contribution in [0.4, 0.5) is 0 Å². The van der Waals surface area contributed by atoms with Gasteiger partial charge in [-0.1, -0.05) is 0 Å². The molecule has 20 heteroatoms. The molecule has 1 aliphatic carbocycles. The third-order valence-electron chi connectivity index (χ3n) is 8.21. The summed E-state index contributed by atoms with van der Waals surface area (Å²) in [5.41, 5.74) is 17.6. The van der Waals surface area contributed by atoms with E-state index in [2.05, 4.69) is 10.6 Å². The van der Waals surface area contributed by atoms with Crippen molar-refractivity contribution in [1.29, 1.82) is 0 Å². The van der Waals surface area contributed by atoms with Crippen molar-refractivity contribution in [2.45, 2.75) is 117 Å². The van der Waals surface area contributed by atoms with E-state index >= 15 is 0 Å². The zero-order valence-corrected chi connectivity index (χ0v) is 24.5. The summed E-state index contributed by atoms with van der Waals surface area (Å²) in [6.07, 6.45) is -21.7. The number of carbonyl (C=O) groups is 1. The molecule has 2 saturated heterocycles. The number of nitrogens with two attached hydrogens (primary N) is 3. The maximum absolute atomic E-state index is 12.7. The summed E-state index contributed by atoms with van der Waals surface area (Å²) in [4.78, 5) is 12.7. The van der Waals surface area contributed by atoms with Crippen LogP contribution in [-0.4, -0.2) is 194 Å². The Bertz CT molecular complexity index is 913. The van der Waals surface area contributed by atoms with Crippen LogP contribution in [0.1, 0.15) is 12.8 Å². The molecule has 1 unspecified atom stereocenters. The average molecular weight is 660 g/mol. The molecule has 3 fully saturated rings. The molecule has 0 aromatic rings. The topological polar surface area (TPSA) is 358 Å². The predicted molar refractivity (Wildman–Crippen MR) is 148 cm³/mol. The van der Waals surface area contributed by atoms with Crippen molar-refractivity contribution in [2.24, 2.45) is 17.2 Å². The van der Waals surface area contributed by atoms with Gasteiger partial charge in [-0.05, 0) is 19.4 Å². The highest BCUT2D eigenvalue weighted by Crippen LogP contribution is 2.32. The largest absolute Gasteiger partial charge is 0.394 e. The number of carbonyl (C=O) groups excluding carboxylic acids is 1. The third-order valence-corrected chi connectivity index (χ3v) is 8.21. The molecule has 0 bridgehead atoms. The lowest BCUT2D eigenvalue weighted by atomic mass is 9.83. The van der Waals surface area contributed by atoms with Crippen molar-refractivity contribution in [2.75, 3.05) is 32.8 Å². The van der Waals surface area contributed by atoms with E-state index in [9.17, 15) is 50.8 Å². The van der Waals surface area contributed by atoms with E-state index < -0.39 is 123 Å². The van der Waals surface area contributed by atoms with Crippen LogP contribution < -0.4 is 27.8 Å². The molecule has 3 rings (SSSR count). The second-order valence-corrected chi connectivity index (χ2v) is 11.6. The van der Waals surface area contributed by atoms with Gasteiger partial charge in [0.2, 0.25) is 5.91 Å². The summed E-state index contributed by atoms with van der Waals surface area (Å²) in [7, 11) is 0. The molecular weight excluding hydrogens is 610 g/mol. The van der Waals surface area contributed by atoms with E-state index in [0.717, 1.165) is 0 Å². The van der Waals surface area contributed by atoms with E-state index in [4.69, 9.17) is 41.3 Å². The van der Waals surface area contributed by atoms with Crippen LogP contribution in [0.2, 0.25) is 0 Å². The second kappa shape index (κ2) is 17.2. The number of nitrogens with one attached hydrogen (secondary N) is 2. The number of aliphatic hydroxyl groups excluding tert-OH is 10. The maximum Gasteiger partial charge on any atom is 0.249 e. The molecule has 1 saturated carbocycles. The van der Waals surface area contributed by atoms with E-state index in [-0.39, 0.29) is 32.5 Å². The van der Waals surface area contributed by atoms with Crippen molar-refractivity contribution in [3.63, 3.8) is 0 Å². The van der Waals surface area contributed by atoms with E-state index in [1.165, 1.54) is 0 Å². The molecule has 17 atom stereocenters. The van der Waals surface area contributed by atoms with Gasteiger partial charge in [0.25, 0.3) is 0 Å². The number of aliphatic hydroxyl groups is 10. The monoisotopic (exact) mass is 659 g/mol. The molecule has 1 amide bonds. The SMILES string of the molecule is NCC[C@H](O)C(=O)N[C@@H]1C[C@H](N)[C@@H](O[C@H]2O[C@H](CNCC(O)CO)[C@@H](O)[C@H](O)[C@H]2O)[C@H](O)[C@H]1O[C@H]1O[C@H](CO)[C@@H](O)[C@H](N)[C@H]1O. The maximum atomic E-state index is 12.7. The van der Waals surface area contributed by atoms with Crippen molar-refractivity contribution in [1.82, 2.24) is 10.6 Å². The highest BCUT2D eigenvalue weighted by Gasteiger charge is 2.52. The van der Waals surface area contributed by atoms with Crippen molar-refractivity contribution >= 4 is 5.91 Å². The highest BCUT2D eigenvalue weighted by molar-refractivity contribution is 5.80. The van der Waals surface area contributed by atoms with Gasteiger partial charge in [-0.3, -0.25) is 4.79 Å². The van der Waals surface area contributed by atoms with Gasteiger partial charge in [0.05, 0.1) is 31.4 Å². The van der Waals surface area contributed by atoms with Crippen molar-refractivity contribution in [3.05, 3.63) is 0 Å². The Labute approximate surface area is 258 Å². The Morgan fingerprint density at radius 2 is 1.47 bits per heavy atom. The smallest absolute Gasteiger partial charge is 0.249 e.